The number of benzene rings is 1. The van der Waals surface area contributed by atoms with Crippen LogP contribution in [0.15, 0.2) is 24.3 Å². The number of aliphatic hydroxyl groups excluding tert-OH is 1. The smallest absolute Gasteiger partial charge is 0.261 e. The van der Waals surface area contributed by atoms with Crippen LogP contribution in [0, 0.1) is 0 Å². The van der Waals surface area contributed by atoms with Gasteiger partial charge in [0.2, 0.25) is 0 Å². The van der Waals surface area contributed by atoms with Crippen LogP contribution in [-0.2, 0) is 0 Å². The highest BCUT2D eigenvalue weighted by atomic mass is 32.2. The zero-order chi connectivity index (χ0) is 14.0. The summed E-state index contributed by atoms with van der Waals surface area (Å²) in [7, 11) is 0. The predicted molar refractivity (Wildman–Crippen MR) is 75.4 cm³/mol. The lowest BCUT2D eigenvalue weighted by atomic mass is 10.1. The van der Waals surface area contributed by atoms with Crippen molar-refractivity contribution in [3.05, 3.63) is 35.4 Å². The second-order valence-electron chi connectivity index (χ2n) is 5.07. The highest BCUT2D eigenvalue weighted by Gasteiger charge is 2.34. The Kier molecular flexibility index (Phi) is 3.96. The van der Waals surface area contributed by atoms with E-state index in [0.717, 1.165) is 0 Å². The Morgan fingerprint density at radius 3 is 2.16 bits per heavy atom. The Bertz CT molecular complexity index is 478. The van der Waals surface area contributed by atoms with Crippen molar-refractivity contribution in [3.63, 3.8) is 0 Å². The molecule has 1 aliphatic rings. The van der Waals surface area contributed by atoms with Crippen molar-refractivity contribution in [1.82, 2.24) is 4.90 Å². The van der Waals surface area contributed by atoms with Crippen molar-refractivity contribution in [3.8, 4) is 0 Å². The van der Waals surface area contributed by atoms with Gasteiger partial charge in [-0.3, -0.25) is 14.5 Å². The number of thioether (sulfide) groups is 1. The molecule has 1 heterocycles. The molecule has 4 nitrogen and oxygen atoms in total. The van der Waals surface area contributed by atoms with Gasteiger partial charge in [-0.05, 0) is 26.0 Å². The number of nitrogens with zero attached hydrogens (tertiary/aromatic N) is 1. The molecule has 1 aromatic rings. The van der Waals surface area contributed by atoms with Crippen LogP contribution in [0.3, 0.4) is 0 Å². The molecule has 0 spiro atoms. The van der Waals surface area contributed by atoms with E-state index in [2.05, 4.69) is 0 Å². The van der Waals surface area contributed by atoms with E-state index in [9.17, 15) is 9.59 Å². The van der Waals surface area contributed by atoms with Gasteiger partial charge in [-0.1, -0.05) is 12.1 Å². The minimum absolute atomic E-state index is 0.0692. The molecule has 0 saturated heterocycles. The van der Waals surface area contributed by atoms with Crippen molar-refractivity contribution in [2.75, 3.05) is 18.9 Å². The lowest BCUT2D eigenvalue weighted by molar-refractivity contribution is 0.0664. The van der Waals surface area contributed by atoms with E-state index in [-0.39, 0.29) is 23.2 Å². The zero-order valence-corrected chi connectivity index (χ0v) is 11.9. The topological polar surface area (TPSA) is 57.6 Å². The fraction of sp³-hybridized carbons (Fsp3) is 0.429. The molecule has 1 N–H and O–H groups in total. The SMILES string of the molecule is CC(C)(CO)SCCN1C(=O)c2ccccc2C1=O. The molecule has 102 valence electrons. The fourth-order valence-corrected chi connectivity index (χ4v) is 2.82. The normalized spacial score (nSPS) is 15.0. The van der Waals surface area contributed by atoms with Crippen LogP contribution < -0.4 is 0 Å². The summed E-state index contributed by atoms with van der Waals surface area (Å²) in [6, 6.07) is 6.88. The molecule has 0 atom stereocenters. The molecule has 0 unspecified atom stereocenters. The average molecular weight is 279 g/mol. The van der Waals surface area contributed by atoms with Crippen molar-refractivity contribution in [2.24, 2.45) is 0 Å². The van der Waals surface area contributed by atoms with Crippen molar-refractivity contribution in [1.29, 1.82) is 0 Å². The standard InChI is InChI=1S/C14H17NO3S/c1-14(2,9-16)19-8-7-15-12(17)10-5-3-4-6-11(10)13(15)18/h3-6,16H,7-9H2,1-2H3. The lowest BCUT2D eigenvalue weighted by Gasteiger charge is -2.22. The van der Waals surface area contributed by atoms with E-state index < -0.39 is 0 Å². The Balaban J connectivity index is 2.01. The molecule has 5 heteroatoms. The molecule has 0 fully saturated rings. The third-order valence-electron chi connectivity index (χ3n) is 3.07. The maximum atomic E-state index is 12.1. The number of hydrogen-bond donors (Lipinski definition) is 1. The van der Waals surface area contributed by atoms with E-state index in [1.807, 2.05) is 13.8 Å². The second-order valence-corrected chi connectivity index (χ2v) is 6.88. The number of fused-ring (bicyclic) bond motifs is 1. The average Bonchev–Trinajstić information content (AvgIpc) is 2.64. The Labute approximate surface area is 116 Å². The molecule has 19 heavy (non-hydrogen) atoms. The van der Waals surface area contributed by atoms with Crippen LogP contribution in [0.25, 0.3) is 0 Å². The van der Waals surface area contributed by atoms with E-state index >= 15 is 0 Å². The summed E-state index contributed by atoms with van der Waals surface area (Å²) in [5.74, 6) is 0.185. The number of imide groups is 1. The summed E-state index contributed by atoms with van der Waals surface area (Å²) < 4.78 is -0.251. The molecule has 2 amide bonds. The molecule has 0 saturated carbocycles. The van der Waals surface area contributed by atoms with E-state index in [1.165, 1.54) is 4.90 Å². The van der Waals surface area contributed by atoms with Crippen molar-refractivity contribution in [2.45, 2.75) is 18.6 Å². The molecule has 0 bridgehead atoms. The van der Waals surface area contributed by atoms with E-state index in [1.54, 1.807) is 36.0 Å². The van der Waals surface area contributed by atoms with Gasteiger partial charge in [0.15, 0.2) is 0 Å². The summed E-state index contributed by atoms with van der Waals surface area (Å²) in [4.78, 5) is 25.4. The fourth-order valence-electron chi connectivity index (χ4n) is 1.90. The molecule has 2 rings (SSSR count). The number of rotatable bonds is 5. The first-order valence-corrected chi connectivity index (χ1v) is 7.15. The van der Waals surface area contributed by atoms with Gasteiger partial charge in [-0.15, -0.1) is 0 Å². The summed E-state index contributed by atoms with van der Waals surface area (Å²) in [6.45, 7) is 4.31. The second kappa shape index (κ2) is 5.35. The Morgan fingerprint density at radius 1 is 1.16 bits per heavy atom. The van der Waals surface area contributed by atoms with Gasteiger partial charge >= 0.3 is 0 Å². The number of amides is 2. The van der Waals surface area contributed by atoms with Gasteiger partial charge in [-0.2, -0.15) is 11.8 Å². The molecule has 0 aliphatic carbocycles. The highest BCUT2D eigenvalue weighted by molar-refractivity contribution is 8.00. The minimum Gasteiger partial charge on any atom is -0.395 e. The van der Waals surface area contributed by atoms with Crippen LogP contribution in [-0.4, -0.2) is 45.5 Å². The van der Waals surface area contributed by atoms with Crippen molar-refractivity contribution < 1.29 is 14.7 Å². The van der Waals surface area contributed by atoms with Gasteiger partial charge in [0, 0.05) is 17.0 Å². The quantitative estimate of drug-likeness (QED) is 0.835. The van der Waals surface area contributed by atoms with Gasteiger partial charge < -0.3 is 5.11 Å². The molecule has 0 aromatic heterocycles. The third kappa shape index (κ3) is 2.82. The van der Waals surface area contributed by atoms with Gasteiger partial charge in [0.05, 0.1) is 17.7 Å². The van der Waals surface area contributed by atoms with Crippen LogP contribution >= 0.6 is 11.8 Å². The number of hydrogen-bond acceptors (Lipinski definition) is 4. The monoisotopic (exact) mass is 279 g/mol. The van der Waals surface area contributed by atoms with Gasteiger partial charge in [-0.25, -0.2) is 0 Å². The number of aliphatic hydroxyl groups is 1. The summed E-state index contributed by atoms with van der Waals surface area (Å²) in [5, 5.41) is 9.16. The maximum absolute atomic E-state index is 12.1. The van der Waals surface area contributed by atoms with Crippen LogP contribution in [0.4, 0.5) is 0 Å². The largest absolute Gasteiger partial charge is 0.395 e. The molecule has 1 aliphatic heterocycles. The Morgan fingerprint density at radius 2 is 1.68 bits per heavy atom. The van der Waals surface area contributed by atoms with Crippen LogP contribution in [0.2, 0.25) is 0 Å². The van der Waals surface area contributed by atoms with Crippen LogP contribution in [0.5, 0.6) is 0 Å². The Hall–Kier alpha value is -1.33. The highest BCUT2D eigenvalue weighted by Crippen LogP contribution is 2.26. The van der Waals surface area contributed by atoms with Crippen molar-refractivity contribution >= 4 is 23.6 Å². The first-order valence-electron chi connectivity index (χ1n) is 6.16. The maximum Gasteiger partial charge on any atom is 0.261 e. The summed E-state index contributed by atoms with van der Waals surface area (Å²) in [6.07, 6.45) is 0. The number of carbonyl (C=O) groups excluding carboxylic acids is 2. The van der Waals surface area contributed by atoms with Crippen LogP contribution in [0.1, 0.15) is 34.6 Å². The molecular weight excluding hydrogens is 262 g/mol. The van der Waals surface area contributed by atoms with Gasteiger partial charge in [0.1, 0.15) is 0 Å². The lowest BCUT2D eigenvalue weighted by Crippen LogP contribution is -2.33. The first-order chi connectivity index (χ1) is 8.96. The third-order valence-corrected chi connectivity index (χ3v) is 4.36. The first kappa shape index (κ1) is 14.1. The predicted octanol–water partition coefficient (Wildman–Crippen LogP) is 1.79. The summed E-state index contributed by atoms with van der Waals surface area (Å²) in [5.41, 5.74) is 0.970. The zero-order valence-electron chi connectivity index (χ0n) is 11.0. The number of carbonyl (C=O) groups is 2. The summed E-state index contributed by atoms with van der Waals surface area (Å²) >= 11 is 1.55. The molecule has 0 radical (unpaired) electrons. The van der Waals surface area contributed by atoms with Gasteiger partial charge in [0.25, 0.3) is 11.8 Å². The minimum atomic E-state index is -0.251. The van der Waals surface area contributed by atoms with E-state index in [4.69, 9.17) is 5.11 Å². The van der Waals surface area contributed by atoms with E-state index in [0.29, 0.717) is 23.4 Å². The molecular formula is C14H17NO3S. The molecule has 1 aromatic carbocycles.